The van der Waals surface area contributed by atoms with E-state index in [1.165, 1.54) is 18.2 Å². The van der Waals surface area contributed by atoms with Crippen molar-refractivity contribution in [1.29, 1.82) is 0 Å². The zero-order chi connectivity index (χ0) is 36.6. The second-order valence-corrected chi connectivity index (χ2v) is 16.4. The highest BCUT2D eigenvalue weighted by atomic mass is 32.2. The molecule has 5 atom stereocenters. The first kappa shape index (κ1) is 36.4. The number of nitrogens with zero attached hydrogens (tertiary/aromatic N) is 1. The molecule has 4 aliphatic heterocycles. The van der Waals surface area contributed by atoms with E-state index in [4.69, 9.17) is 33.2 Å². The summed E-state index contributed by atoms with van der Waals surface area (Å²) in [7, 11) is -4.58. The van der Waals surface area contributed by atoms with E-state index < -0.39 is 46.3 Å². The molecule has 0 radical (unpaired) electrons. The van der Waals surface area contributed by atoms with E-state index in [2.05, 4.69) is 5.32 Å². The number of ether oxygens (including phenoxy) is 7. The Morgan fingerprint density at radius 1 is 1.00 bits per heavy atom. The summed E-state index contributed by atoms with van der Waals surface area (Å²) in [5.74, 6) is 1.04. The van der Waals surface area contributed by atoms with Crippen LogP contribution < -0.4 is 19.5 Å². The van der Waals surface area contributed by atoms with Crippen molar-refractivity contribution in [2.24, 2.45) is 11.8 Å². The van der Waals surface area contributed by atoms with Crippen molar-refractivity contribution in [2.75, 3.05) is 26.6 Å². The van der Waals surface area contributed by atoms with Crippen molar-refractivity contribution in [1.82, 2.24) is 9.62 Å². The van der Waals surface area contributed by atoms with Gasteiger partial charge in [-0.25, -0.2) is 17.6 Å². The molecule has 3 aromatic carbocycles. The quantitative estimate of drug-likeness (QED) is 0.251. The van der Waals surface area contributed by atoms with Gasteiger partial charge in [-0.15, -0.1) is 0 Å². The Hall–Kier alpha value is -3.95. The van der Waals surface area contributed by atoms with Gasteiger partial charge in [-0.2, -0.15) is 4.31 Å². The Balaban J connectivity index is 1.23. The smallest absolute Gasteiger partial charge is 0.424 e. The van der Waals surface area contributed by atoms with E-state index in [0.717, 1.165) is 15.4 Å². The van der Waals surface area contributed by atoms with E-state index in [1.807, 2.05) is 39.8 Å². The minimum atomic E-state index is -4.58. The maximum absolute atomic E-state index is 15.0. The summed E-state index contributed by atoms with van der Waals surface area (Å²) < 4.78 is 85.0. The monoisotopic (exact) mass is 740 g/mol. The van der Waals surface area contributed by atoms with Gasteiger partial charge in [0.2, 0.25) is 6.79 Å². The lowest BCUT2D eigenvalue weighted by Crippen LogP contribution is -2.57. The van der Waals surface area contributed by atoms with Crippen LogP contribution in [-0.2, 0) is 48.4 Å². The lowest BCUT2D eigenvalue weighted by molar-refractivity contribution is -0.0907. The summed E-state index contributed by atoms with van der Waals surface area (Å²) >= 11 is 0. The van der Waals surface area contributed by atoms with E-state index in [1.54, 1.807) is 30.3 Å². The lowest BCUT2D eigenvalue weighted by atomic mass is 9.99. The first-order valence-electron chi connectivity index (χ1n) is 17.6. The highest BCUT2D eigenvalue weighted by Crippen LogP contribution is 2.41. The van der Waals surface area contributed by atoms with Crippen LogP contribution in [0.2, 0.25) is 0 Å². The minimum absolute atomic E-state index is 0.0351. The zero-order valence-electron chi connectivity index (χ0n) is 29.7. The molecule has 0 aromatic heterocycles. The summed E-state index contributed by atoms with van der Waals surface area (Å²) in [6.07, 6.45) is -0.910. The Morgan fingerprint density at radius 3 is 2.46 bits per heavy atom. The standard InChI is InChI=1S/C38H45FN2O10S/c1-23(2)15-26-17-29(18-33-35(26)49-22-48-33)52(43,44)41(37(42)51-34-21-47-36-30(34)13-14-45-36)32(31-20-50-38(3,4)40-31)16-24-7-11-28(12-8-24)46-19-25-5-9-27(39)10-6-25/h5-12,17-18,23,30-32,34,36,40H,13-16,19-22H2,1-4H3/t30-,31+,32?,34-,36+/m0/s1. The maximum Gasteiger partial charge on any atom is 0.424 e. The van der Waals surface area contributed by atoms with Crippen molar-refractivity contribution in [3.63, 3.8) is 0 Å². The average molecular weight is 741 g/mol. The molecule has 3 aromatic rings. The lowest BCUT2D eigenvalue weighted by Gasteiger charge is -2.35. The predicted molar refractivity (Wildman–Crippen MR) is 186 cm³/mol. The molecule has 0 saturated carbocycles. The fraction of sp³-hybridized carbons (Fsp3) is 0.500. The Morgan fingerprint density at radius 2 is 1.75 bits per heavy atom. The molecule has 3 fully saturated rings. The molecule has 3 saturated heterocycles. The highest BCUT2D eigenvalue weighted by Gasteiger charge is 2.49. The molecule has 4 aliphatic rings. The van der Waals surface area contributed by atoms with Gasteiger partial charge in [-0.3, -0.25) is 5.32 Å². The fourth-order valence-corrected chi connectivity index (χ4v) is 8.78. The molecule has 12 nitrogen and oxygen atoms in total. The van der Waals surface area contributed by atoms with Gasteiger partial charge in [0.15, 0.2) is 17.8 Å². The second-order valence-electron chi connectivity index (χ2n) is 14.6. The zero-order valence-corrected chi connectivity index (χ0v) is 30.5. The number of rotatable bonds is 12. The molecule has 1 N–H and O–H groups in total. The van der Waals surface area contributed by atoms with Gasteiger partial charge in [0.1, 0.15) is 30.0 Å². The second kappa shape index (κ2) is 14.8. The molecule has 1 unspecified atom stereocenters. The molecular weight excluding hydrogens is 695 g/mol. The Labute approximate surface area is 303 Å². The van der Waals surface area contributed by atoms with Gasteiger partial charge >= 0.3 is 6.09 Å². The van der Waals surface area contributed by atoms with Gasteiger partial charge in [0, 0.05) is 6.07 Å². The molecule has 1 amide bonds. The number of amides is 1. The number of hydrogen-bond donors (Lipinski definition) is 1. The molecule has 0 aliphatic carbocycles. The summed E-state index contributed by atoms with van der Waals surface area (Å²) in [5, 5.41) is 3.40. The first-order chi connectivity index (χ1) is 24.9. The number of nitrogens with one attached hydrogen (secondary N) is 1. The SMILES string of the molecule is CC(C)Cc1cc(S(=O)(=O)N(C(=O)O[C@H]2CO[C@H]3OCC[C@H]32)C(Cc2ccc(OCc3ccc(F)cc3)cc2)[C@H]2COC(C)(C)N2)cc2c1OCO2. The van der Waals surface area contributed by atoms with Crippen LogP contribution in [0.15, 0.2) is 65.6 Å². The molecule has 52 heavy (non-hydrogen) atoms. The first-order valence-corrected chi connectivity index (χ1v) is 19.1. The number of fused-ring (bicyclic) bond motifs is 2. The van der Waals surface area contributed by atoms with Crippen LogP contribution in [0.1, 0.15) is 50.8 Å². The molecule has 0 spiro atoms. The van der Waals surface area contributed by atoms with Gasteiger partial charge in [0.25, 0.3) is 10.0 Å². The summed E-state index contributed by atoms with van der Waals surface area (Å²) in [4.78, 5) is 14.4. The van der Waals surface area contributed by atoms with Crippen molar-refractivity contribution < 1.29 is 50.8 Å². The van der Waals surface area contributed by atoms with Crippen molar-refractivity contribution in [2.45, 2.75) is 88.7 Å². The third kappa shape index (κ3) is 7.86. The topological polar surface area (TPSA) is 131 Å². The number of benzene rings is 3. The molecule has 4 heterocycles. The van der Waals surface area contributed by atoms with E-state index in [0.29, 0.717) is 42.3 Å². The van der Waals surface area contributed by atoms with Crippen LogP contribution in [0.4, 0.5) is 9.18 Å². The fourth-order valence-electron chi connectivity index (χ4n) is 7.18. The van der Waals surface area contributed by atoms with E-state index in [-0.39, 0.29) is 55.6 Å². The van der Waals surface area contributed by atoms with Gasteiger partial charge in [0.05, 0.1) is 42.7 Å². The third-order valence-electron chi connectivity index (χ3n) is 9.73. The van der Waals surface area contributed by atoms with Crippen molar-refractivity contribution >= 4 is 16.1 Å². The average Bonchev–Trinajstić information content (AvgIpc) is 3.91. The van der Waals surface area contributed by atoms with E-state index in [9.17, 15) is 9.18 Å². The van der Waals surface area contributed by atoms with Crippen LogP contribution in [0.3, 0.4) is 0 Å². The Bertz CT molecular complexity index is 1850. The van der Waals surface area contributed by atoms with Crippen LogP contribution in [0.25, 0.3) is 0 Å². The molecule has 14 heteroatoms. The number of sulfonamides is 1. The number of carbonyl (C=O) groups excluding carboxylic acids is 1. The number of hydrogen-bond acceptors (Lipinski definition) is 11. The van der Waals surface area contributed by atoms with Gasteiger partial charge in [-0.05, 0) is 86.1 Å². The van der Waals surface area contributed by atoms with Crippen molar-refractivity contribution in [3.8, 4) is 17.2 Å². The number of halogens is 1. The largest absolute Gasteiger partial charge is 0.489 e. The summed E-state index contributed by atoms with van der Waals surface area (Å²) in [6, 6.07) is 14.7. The summed E-state index contributed by atoms with van der Waals surface area (Å²) in [5.41, 5.74) is 1.45. The minimum Gasteiger partial charge on any atom is -0.489 e. The summed E-state index contributed by atoms with van der Waals surface area (Å²) in [6.45, 7) is 8.66. The predicted octanol–water partition coefficient (Wildman–Crippen LogP) is 5.56. The van der Waals surface area contributed by atoms with Crippen LogP contribution in [-0.4, -0.2) is 75.6 Å². The normalized spacial score (nSPS) is 23.8. The molecule has 7 rings (SSSR count). The van der Waals surface area contributed by atoms with Crippen LogP contribution in [0, 0.1) is 17.7 Å². The van der Waals surface area contributed by atoms with Gasteiger partial charge < -0.3 is 33.2 Å². The van der Waals surface area contributed by atoms with Crippen molar-refractivity contribution in [3.05, 3.63) is 83.2 Å². The van der Waals surface area contributed by atoms with Crippen LogP contribution in [0.5, 0.6) is 17.2 Å². The Kier molecular flexibility index (Phi) is 10.4. The third-order valence-corrected chi connectivity index (χ3v) is 11.5. The highest BCUT2D eigenvalue weighted by molar-refractivity contribution is 7.89. The van der Waals surface area contributed by atoms with Crippen LogP contribution >= 0.6 is 0 Å². The maximum atomic E-state index is 15.0. The molecule has 0 bridgehead atoms. The molecular formula is C38H45FN2O10S. The van der Waals surface area contributed by atoms with Gasteiger partial charge in [-0.1, -0.05) is 38.1 Å². The molecule has 280 valence electrons. The number of carbonyl (C=O) groups is 1. The van der Waals surface area contributed by atoms with E-state index >= 15 is 8.42 Å².